The number of rotatable bonds is 5. The third-order valence-corrected chi connectivity index (χ3v) is 3.39. The number of halogens is 1. The highest BCUT2D eigenvalue weighted by molar-refractivity contribution is 5.97. The predicted molar refractivity (Wildman–Crippen MR) is 90.8 cm³/mol. The summed E-state index contributed by atoms with van der Waals surface area (Å²) in [5, 5.41) is 0. The molecular formula is C19H15FN2O4. The lowest BCUT2D eigenvalue weighted by atomic mass is 10.2. The van der Waals surface area contributed by atoms with E-state index in [1.165, 1.54) is 24.3 Å². The molecule has 0 saturated heterocycles. The molecular weight excluding hydrogens is 339 g/mol. The van der Waals surface area contributed by atoms with Crippen molar-refractivity contribution in [3.05, 3.63) is 89.6 Å². The Hall–Kier alpha value is -3.61. The Morgan fingerprint density at radius 2 is 1.69 bits per heavy atom. The first kappa shape index (κ1) is 17.2. The van der Waals surface area contributed by atoms with Crippen LogP contribution in [0.4, 0.5) is 4.39 Å². The predicted octanol–water partition coefficient (Wildman–Crippen LogP) is 3.07. The molecule has 2 amide bonds. The van der Waals surface area contributed by atoms with Crippen LogP contribution in [0.25, 0.3) is 0 Å². The molecule has 0 aliphatic carbocycles. The quantitative estimate of drug-likeness (QED) is 0.690. The largest absolute Gasteiger partial charge is 0.486 e. The first-order chi connectivity index (χ1) is 12.6. The molecule has 26 heavy (non-hydrogen) atoms. The number of para-hydroxylation sites is 1. The first-order valence-corrected chi connectivity index (χ1v) is 7.74. The molecule has 0 spiro atoms. The zero-order chi connectivity index (χ0) is 18.4. The molecule has 0 aliphatic heterocycles. The summed E-state index contributed by atoms with van der Waals surface area (Å²) >= 11 is 0. The van der Waals surface area contributed by atoms with Crippen molar-refractivity contribution in [1.29, 1.82) is 0 Å². The van der Waals surface area contributed by atoms with E-state index in [9.17, 15) is 14.0 Å². The lowest BCUT2D eigenvalue weighted by Crippen LogP contribution is -2.41. The maximum atomic E-state index is 13.1. The van der Waals surface area contributed by atoms with Gasteiger partial charge in [-0.2, -0.15) is 0 Å². The van der Waals surface area contributed by atoms with Crippen LogP contribution >= 0.6 is 0 Å². The van der Waals surface area contributed by atoms with Crippen molar-refractivity contribution in [2.24, 2.45) is 0 Å². The summed E-state index contributed by atoms with van der Waals surface area (Å²) in [6.45, 7) is 0.160. The van der Waals surface area contributed by atoms with E-state index in [2.05, 4.69) is 10.9 Å². The van der Waals surface area contributed by atoms with Crippen LogP contribution in [0.5, 0.6) is 5.75 Å². The third-order valence-electron chi connectivity index (χ3n) is 3.39. The van der Waals surface area contributed by atoms with E-state index in [0.29, 0.717) is 11.5 Å². The van der Waals surface area contributed by atoms with Crippen molar-refractivity contribution in [3.8, 4) is 5.75 Å². The zero-order valence-electron chi connectivity index (χ0n) is 13.6. The average Bonchev–Trinajstić information content (AvgIpc) is 3.14. The fourth-order valence-electron chi connectivity index (χ4n) is 2.13. The Morgan fingerprint density at radius 3 is 2.46 bits per heavy atom. The highest BCUT2D eigenvalue weighted by atomic mass is 19.1. The van der Waals surface area contributed by atoms with E-state index < -0.39 is 17.6 Å². The molecule has 0 aliphatic rings. The smallest absolute Gasteiger partial charge is 0.305 e. The second-order valence-electron chi connectivity index (χ2n) is 5.29. The number of hydrazine groups is 1. The van der Waals surface area contributed by atoms with Gasteiger partial charge in [0.05, 0.1) is 0 Å². The molecule has 0 unspecified atom stereocenters. The molecule has 2 N–H and O–H groups in total. The van der Waals surface area contributed by atoms with E-state index in [-0.39, 0.29) is 17.9 Å². The lowest BCUT2D eigenvalue weighted by molar-refractivity contribution is 0.0828. The highest BCUT2D eigenvalue weighted by Crippen LogP contribution is 2.13. The number of ether oxygens (including phenoxy) is 1. The van der Waals surface area contributed by atoms with Gasteiger partial charge < -0.3 is 9.15 Å². The summed E-state index contributed by atoms with van der Waals surface area (Å²) in [6.07, 6.45) is 0. The minimum absolute atomic E-state index is 0.0104. The van der Waals surface area contributed by atoms with Gasteiger partial charge in [0.25, 0.3) is 5.91 Å². The van der Waals surface area contributed by atoms with Crippen LogP contribution in [0.3, 0.4) is 0 Å². The summed E-state index contributed by atoms with van der Waals surface area (Å²) in [7, 11) is 0. The third kappa shape index (κ3) is 4.47. The van der Waals surface area contributed by atoms with E-state index in [0.717, 1.165) is 6.07 Å². The van der Waals surface area contributed by atoms with Crippen molar-refractivity contribution in [2.75, 3.05) is 0 Å². The number of carbonyl (C=O) groups is 2. The molecule has 2 aromatic carbocycles. The van der Waals surface area contributed by atoms with Crippen LogP contribution in [0.15, 0.2) is 71.1 Å². The molecule has 7 heteroatoms. The monoisotopic (exact) mass is 354 g/mol. The van der Waals surface area contributed by atoms with Crippen LogP contribution in [0.1, 0.15) is 26.7 Å². The number of furan rings is 1. The SMILES string of the molecule is O=C(NNC(=O)c1ccc(COc2ccccc2)o1)c1cccc(F)c1. The van der Waals surface area contributed by atoms with Gasteiger partial charge in [-0.1, -0.05) is 24.3 Å². The minimum atomic E-state index is -0.642. The number of nitrogens with one attached hydrogen (secondary N) is 2. The molecule has 0 saturated carbocycles. The second kappa shape index (κ2) is 7.98. The molecule has 1 heterocycles. The molecule has 0 fully saturated rings. The molecule has 0 bridgehead atoms. The van der Waals surface area contributed by atoms with Gasteiger partial charge >= 0.3 is 5.91 Å². The molecule has 132 valence electrons. The Labute approximate surface area is 148 Å². The van der Waals surface area contributed by atoms with E-state index in [1.54, 1.807) is 18.2 Å². The Bertz CT molecular complexity index is 909. The molecule has 1 aromatic heterocycles. The number of hydrogen-bond donors (Lipinski definition) is 2. The molecule has 0 radical (unpaired) electrons. The number of benzene rings is 2. The van der Waals surface area contributed by atoms with Gasteiger partial charge in [0, 0.05) is 5.56 Å². The maximum Gasteiger partial charge on any atom is 0.305 e. The normalized spacial score (nSPS) is 10.2. The van der Waals surface area contributed by atoms with E-state index in [4.69, 9.17) is 9.15 Å². The van der Waals surface area contributed by atoms with Gasteiger partial charge in [0.2, 0.25) is 0 Å². The summed E-state index contributed by atoms with van der Waals surface area (Å²) in [5.74, 6) is -0.681. The Morgan fingerprint density at radius 1 is 0.923 bits per heavy atom. The summed E-state index contributed by atoms with van der Waals surface area (Å²) in [6, 6.07) is 17.4. The summed E-state index contributed by atoms with van der Waals surface area (Å²) < 4.78 is 24.0. The highest BCUT2D eigenvalue weighted by Gasteiger charge is 2.13. The number of carbonyl (C=O) groups excluding carboxylic acids is 2. The van der Waals surface area contributed by atoms with Crippen molar-refractivity contribution >= 4 is 11.8 Å². The molecule has 0 atom stereocenters. The lowest BCUT2D eigenvalue weighted by Gasteiger charge is -2.06. The summed E-state index contributed by atoms with van der Waals surface area (Å²) in [4.78, 5) is 23.9. The fraction of sp³-hybridized carbons (Fsp3) is 0.0526. The van der Waals surface area contributed by atoms with Crippen molar-refractivity contribution < 1.29 is 23.1 Å². The van der Waals surface area contributed by atoms with Gasteiger partial charge in [0.15, 0.2) is 5.76 Å². The van der Waals surface area contributed by atoms with Gasteiger partial charge in [-0.05, 0) is 42.5 Å². The topological polar surface area (TPSA) is 80.6 Å². The minimum Gasteiger partial charge on any atom is -0.486 e. The van der Waals surface area contributed by atoms with E-state index >= 15 is 0 Å². The molecule has 3 aromatic rings. The van der Waals surface area contributed by atoms with Crippen LogP contribution in [0, 0.1) is 5.82 Å². The van der Waals surface area contributed by atoms with E-state index in [1.807, 2.05) is 18.2 Å². The van der Waals surface area contributed by atoms with Crippen LogP contribution < -0.4 is 15.6 Å². The van der Waals surface area contributed by atoms with Crippen LogP contribution in [-0.4, -0.2) is 11.8 Å². The van der Waals surface area contributed by atoms with Gasteiger partial charge in [-0.15, -0.1) is 0 Å². The Balaban J connectivity index is 1.52. The van der Waals surface area contributed by atoms with Crippen molar-refractivity contribution in [3.63, 3.8) is 0 Å². The Kier molecular flexibility index (Phi) is 5.28. The fourth-order valence-corrected chi connectivity index (χ4v) is 2.13. The average molecular weight is 354 g/mol. The van der Waals surface area contributed by atoms with Gasteiger partial charge in [-0.3, -0.25) is 20.4 Å². The van der Waals surface area contributed by atoms with Crippen molar-refractivity contribution in [1.82, 2.24) is 10.9 Å². The standard InChI is InChI=1S/C19H15FN2O4/c20-14-6-4-5-13(11-14)18(23)21-22-19(24)17-10-9-16(26-17)12-25-15-7-2-1-3-8-15/h1-11H,12H2,(H,21,23)(H,22,24). The van der Waals surface area contributed by atoms with Gasteiger partial charge in [-0.25, -0.2) is 4.39 Å². The molecule has 3 rings (SSSR count). The van der Waals surface area contributed by atoms with Crippen LogP contribution in [0.2, 0.25) is 0 Å². The van der Waals surface area contributed by atoms with Gasteiger partial charge in [0.1, 0.15) is 23.9 Å². The molecule has 6 nitrogen and oxygen atoms in total. The number of amides is 2. The zero-order valence-corrected chi connectivity index (χ0v) is 13.6. The first-order valence-electron chi connectivity index (χ1n) is 7.74. The summed E-state index contributed by atoms with van der Waals surface area (Å²) in [5.41, 5.74) is 4.49. The second-order valence-corrected chi connectivity index (χ2v) is 5.29. The number of hydrogen-bond acceptors (Lipinski definition) is 4. The van der Waals surface area contributed by atoms with Crippen LogP contribution in [-0.2, 0) is 6.61 Å². The van der Waals surface area contributed by atoms with Crippen molar-refractivity contribution in [2.45, 2.75) is 6.61 Å². The maximum absolute atomic E-state index is 13.1.